The van der Waals surface area contributed by atoms with Crippen molar-refractivity contribution < 1.29 is 19.1 Å². The molecule has 0 unspecified atom stereocenters. The monoisotopic (exact) mass is 382 g/mol. The zero-order chi connectivity index (χ0) is 19.6. The summed E-state index contributed by atoms with van der Waals surface area (Å²) in [6.07, 6.45) is 0. The summed E-state index contributed by atoms with van der Waals surface area (Å²) >= 11 is 1.11. The summed E-state index contributed by atoms with van der Waals surface area (Å²) in [6, 6.07) is 13.2. The predicted molar refractivity (Wildman–Crippen MR) is 105 cm³/mol. The number of carbonyl (C=O) groups is 3. The molecule has 2 heterocycles. The predicted octanol–water partition coefficient (Wildman–Crippen LogP) is 4.04. The van der Waals surface area contributed by atoms with Gasteiger partial charge in [-0.15, -0.1) is 11.3 Å². The molecule has 0 atom stereocenters. The van der Waals surface area contributed by atoms with E-state index in [1.165, 1.54) is 13.8 Å². The molecule has 6 nitrogen and oxygen atoms in total. The van der Waals surface area contributed by atoms with E-state index in [-0.39, 0.29) is 17.2 Å². The first kappa shape index (κ1) is 18.7. The number of imide groups is 1. The van der Waals surface area contributed by atoms with Crippen molar-refractivity contribution >= 4 is 45.0 Å². The molecule has 0 saturated carbocycles. The number of carbonyl (C=O) groups excluding carboxylic acids is 3. The molecule has 0 saturated heterocycles. The smallest absolute Gasteiger partial charge is 0.350 e. The van der Waals surface area contributed by atoms with Gasteiger partial charge in [0.05, 0.1) is 18.0 Å². The summed E-state index contributed by atoms with van der Waals surface area (Å²) < 4.78 is 5.12. The van der Waals surface area contributed by atoms with Crippen LogP contribution in [-0.2, 0) is 14.3 Å². The first-order valence-corrected chi connectivity index (χ1v) is 9.23. The summed E-state index contributed by atoms with van der Waals surface area (Å²) in [5.74, 6) is -1.52. The average Bonchev–Trinajstić information content (AvgIpc) is 3.01. The molecule has 0 aliphatic carbocycles. The molecule has 138 valence electrons. The van der Waals surface area contributed by atoms with Gasteiger partial charge in [0.15, 0.2) is 0 Å². The molecule has 0 radical (unpaired) electrons. The van der Waals surface area contributed by atoms with Gasteiger partial charge in [-0.2, -0.15) is 0 Å². The lowest BCUT2D eigenvalue weighted by Gasteiger charge is -2.18. The van der Waals surface area contributed by atoms with Crippen molar-refractivity contribution in [2.45, 2.75) is 20.8 Å². The first-order valence-electron chi connectivity index (χ1n) is 8.41. The molecule has 1 aromatic carbocycles. The van der Waals surface area contributed by atoms with Gasteiger partial charge in [-0.1, -0.05) is 30.3 Å². The van der Waals surface area contributed by atoms with Crippen LogP contribution in [0.1, 0.15) is 30.4 Å². The zero-order valence-corrected chi connectivity index (χ0v) is 16.0. The molecular weight excluding hydrogens is 364 g/mol. The summed E-state index contributed by atoms with van der Waals surface area (Å²) in [5, 5.41) is 0.563. The third-order valence-electron chi connectivity index (χ3n) is 3.91. The number of fused-ring (bicyclic) bond motifs is 1. The van der Waals surface area contributed by atoms with Gasteiger partial charge in [-0.25, -0.2) is 14.7 Å². The van der Waals surface area contributed by atoms with Crippen LogP contribution in [0, 0.1) is 0 Å². The Kier molecular flexibility index (Phi) is 5.32. The standard InChI is InChI=1S/C20H18N2O4S/c1-4-26-20(25)18-17(22(12(2)23)13(3)24)15-10-11-16(21-19(15)27-18)14-8-6-5-7-9-14/h5-11H,4H2,1-3H3. The van der Waals surface area contributed by atoms with Gasteiger partial charge in [0.25, 0.3) is 0 Å². The normalized spacial score (nSPS) is 10.6. The third kappa shape index (κ3) is 3.59. The number of ether oxygens (including phenoxy) is 1. The Bertz CT molecular complexity index is 1010. The third-order valence-corrected chi connectivity index (χ3v) is 4.98. The number of pyridine rings is 1. The molecule has 2 amide bonds. The van der Waals surface area contributed by atoms with Crippen LogP contribution >= 0.6 is 11.3 Å². The molecule has 0 N–H and O–H groups in total. The van der Waals surface area contributed by atoms with Crippen molar-refractivity contribution in [3.05, 3.63) is 47.3 Å². The van der Waals surface area contributed by atoms with Crippen molar-refractivity contribution in [3.63, 3.8) is 0 Å². The molecule has 0 aliphatic rings. The number of hydrogen-bond donors (Lipinski definition) is 0. The second-order valence-electron chi connectivity index (χ2n) is 5.79. The highest BCUT2D eigenvalue weighted by Gasteiger charge is 2.29. The number of hydrogen-bond acceptors (Lipinski definition) is 6. The van der Waals surface area contributed by atoms with Crippen LogP contribution in [0.2, 0.25) is 0 Å². The van der Waals surface area contributed by atoms with Gasteiger partial charge in [-0.3, -0.25) is 9.59 Å². The minimum atomic E-state index is -0.579. The molecule has 0 aliphatic heterocycles. The minimum absolute atomic E-state index is 0.190. The Balaban J connectivity index is 2.24. The number of benzene rings is 1. The second kappa shape index (κ2) is 7.67. The summed E-state index contributed by atoms with van der Waals surface area (Å²) in [4.78, 5) is 43.0. The Morgan fingerprint density at radius 3 is 2.30 bits per heavy atom. The zero-order valence-electron chi connectivity index (χ0n) is 15.2. The number of rotatable bonds is 4. The number of amides is 2. The number of nitrogens with zero attached hydrogens (tertiary/aromatic N) is 2. The lowest BCUT2D eigenvalue weighted by atomic mass is 10.1. The van der Waals surface area contributed by atoms with E-state index in [9.17, 15) is 14.4 Å². The van der Waals surface area contributed by atoms with E-state index in [2.05, 4.69) is 4.98 Å². The summed E-state index contributed by atoms with van der Waals surface area (Å²) in [7, 11) is 0. The van der Waals surface area contributed by atoms with Gasteiger partial charge in [-0.05, 0) is 19.1 Å². The fraction of sp³-hybridized carbons (Fsp3) is 0.200. The maximum Gasteiger partial charge on any atom is 0.350 e. The molecule has 0 fully saturated rings. The van der Waals surface area contributed by atoms with E-state index in [0.717, 1.165) is 27.5 Å². The lowest BCUT2D eigenvalue weighted by Crippen LogP contribution is -2.34. The largest absolute Gasteiger partial charge is 0.462 e. The van der Waals surface area contributed by atoms with Crippen LogP contribution in [0.3, 0.4) is 0 Å². The van der Waals surface area contributed by atoms with E-state index in [4.69, 9.17) is 4.74 Å². The number of anilines is 1. The van der Waals surface area contributed by atoms with E-state index in [1.54, 1.807) is 19.1 Å². The van der Waals surface area contributed by atoms with E-state index in [0.29, 0.717) is 10.2 Å². The fourth-order valence-electron chi connectivity index (χ4n) is 2.83. The maximum atomic E-state index is 12.5. The van der Waals surface area contributed by atoms with E-state index in [1.807, 2.05) is 30.3 Å². The molecule has 3 rings (SSSR count). The van der Waals surface area contributed by atoms with Crippen molar-refractivity contribution in [2.75, 3.05) is 11.5 Å². The Morgan fingerprint density at radius 2 is 1.70 bits per heavy atom. The molecular formula is C20H18N2O4S. The average molecular weight is 382 g/mol. The second-order valence-corrected chi connectivity index (χ2v) is 6.79. The van der Waals surface area contributed by atoms with Crippen molar-refractivity contribution in [1.82, 2.24) is 4.98 Å². The molecule has 3 aromatic rings. The van der Waals surface area contributed by atoms with Crippen LogP contribution < -0.4 is 4.90 Å². The quantitative estimate of drug-likeness (QED) is 0.637. The van der Waals surface area contributed by atoms with Gasteiger partial charge in [0.1, 0.15) is 9.71 Å². The molecule has 0 spiro atoms. The van der Waals surface area contributed by atoms with Crippen LogP contribution in [0.15, 0.2) is 42.5 Å². The van der Waals surface area contributed by atoms with Crippen LogP contribution in [0.4, 0.5) is 5.69 Å². The first-order chi connectivity index (χ1) is 12.9. The van der Waals surface area contributed by atoms with Crippen LogP contribution in [0.25, 0.3) is 21.5 Å². The number of esters is 1. The van der Waals surface area contributed by atoms with Crippen LogP contribution in [-0.4, -0.2) is 29.4 Å². The topological polar surface area (TPSA) is 76.6 Å². The van der Waals surface area contributed by atoms with Crippen molar-refractivity contribution in [1.29, 1.82) is 0 Å². The Labute approximate surface area is 160 Å². The van der Waals surface area contributed by atoms with Gasteiger partial charge < -0.3 is 4.74 Å². The Morgan fingerprint density at radius 1 is 1.04 bits per heavy atom. The van der Waals surface area contributed by atoms with Crippen molar-refractivity contribution in [2.24, 2.45) is 0 Å². The maximum absolute atomic E-state index is 12.5. The van der Waals surface area contributed by atoms with Gasteiger partial charge in [0.2, 0.25) is 11.8 Å². The van der Waals surface area contributed by atoms with E-state index >= 15 is 0 Å². The highest BCUT2D eigenvalue weighted by atomic mass is 32.1. The SMILES string of the molecule is CCOC(=O)c1sc2nc(-c3ccccc3)ccc2c1N(C(C)=O)C(C)=O. The fourth-order valence-corrected chi connectivity index (χ4v) is 3.88. The highest BCUT2D eigenvalue weighted by molar-refractivity contribution is 7.21. The number of thiophene rings is 1. The molecule has 7 heteroatoms. The summed E-state index contributed by atoms with van der Waals surface area (Å²) in [5.41, 5.74) is 1.91. The van der Waals surface area contributed by atoms with Gasteiger partial charge in [0, 0.05) is 24.8 Å². The highest BCUT2D eigenvalue weighted by Crippen LogP contribution is 2.39. The molecule has 0 bridgehead atoms. The molecule has 2 aromatic heterocycles. The van der Waals surface area contributed by atoms with Crippen LogP contribution in [0.5, 0.6) is 0 Å². The molecule has 27 heavy (non-hydrogen) atoms. The van der Waals surface area contributed by atoms with Crippen molar-refractivity contribution in [3.8, 4) is 11.3 Å². The Hall–Kier alpha value is -3.06. The number of aromatic nitrogens is 1. The van der Waals surface area contributed by atoms with E-state index < -0.39 is 17.8 Å². The van der Waals surface area contributed by atoms with Gasteiger partial charge >= 0.3 is 5.97 Å². The minimum Gasteiger partial charge on any atom is -0.462 e. The lowest BCUT2D eigenvalue weighted by molar-refractivity contribution is -0.124. The summed E-state index contributed by atoms with van der Waals surface area (Å²) in [6.45, 7) is 4.46.